The van der Waals surface area contributed by atoms with E-state index >= 15 is 0 Å². The summed E-state index contributed by atoms with van der Waals surface area (Å²) in [6.45, 7) is 3.35. The van der Waals surface area contributed by atoms with Crippen LogP contribution in [-0.2, 0) is 4.79 Å². The Morgan fingerprint density at radius 1 is 1.12 bits per heavy atom. The van der Waals surface area contributed by atoms with E-state index < -0.39 is 4.92 Å². The van der Waals surface area contributed by atoms with Crippen LogP contribution in [0.15, 0.2) is 24.3 Å². The third-order valence-corrected chi connectivity index (χ3v) is 4.92. The quantitative estimate of drug-likeness (QED) is 0.609. The number of amides is 1. The van der Waals surface area contributed by atoms with Gasteiger partial charge in [0, 0.05) is 44.4 Å². The summed E-state index contributed by atoms with van der Waals surface area (Å²) in [6, 6.07) is 6.49. The number of benzene rings is 1. The van der Waals surface area contributed by atoms with Crippen LogP contribution >= 0.6 is 0 Å². The zero-order valence-electron chi connectivity index (χ0n) is 13.7. The van der Waals surface area contributed by atoms with E-state index in [-0.39, 0.29) is 18.2 Å². The molecule has 3 rings (SSSR count). The van der Waals surface area contributed by atoms with E-state index in [4.69, 9.17) is 4.74 Å². The number of carbonyl (C=O) groups is 1. The second kappa shape index (κ2) is 7.61. The first-order valence-corrected chi connectivity index (χ1v) is 8.52. The van der Waals surface area contributed by atoms with E-state index in [2.05, 4.69) is 4.90 Å². The van der Waals surface area contributed by atoms with Gasteiger partial charge in [-0.25, -0.2) is 0 Å². The van der Waals surface area contributed by atoms with Crippen molar-refractivity contribution >= 4 is 11.6 Å². The van der Waals surface area contributed by atoms with Crippen molar-refractivity contribution in [1.29, 1.82) is 0 Å². The minimum Gasteiger partial charge on any atom is -0.484 e. The van der Waals surface area contributed by atoms with Crippen molar-refractivity contribution in [3.63, 3.8) is 0 Å². The van der Waals surface area contributed by atoms with Crippen molar-refractivity contribution in [2.24, 2.45) is 0 Å². The highest BCUT2D eigenvalue weighted by atomic mass is 16.6. The Balaban J connectivity index is 1.43. The van der Waals surface area contributed by atoms with Gasteiger partial charge in [-0.2, -0.15) is 0 Å². The molecule has 1 aliphatic carbocycles. The smallest absolute Gasteiger partial charge is 0.269 e. The van der Waals surface area contributed by atoms with Crippen molar-refractivity contribution < 1.29 is 14.5 Å². The van der Waals surface area contributed by atoms with Crippen LogP contribution in [0.2, 0.25) is 0 Å². The fourth-order valence-corrected chi connectivity index (χ4v) is 3.51. The Morgan fingerprint density at radius 3 is 2.33 bits per heavy atom. The number of piperazine rings is 1. The lowest BCUT2D eigenvalue weighted by Crippen LogP contribution is -2.52. The Labute approximate surface area is 141 Å². The number of rotatable bonds is 5. The zero-order chi connectivity index (χ0) is 16.9. The molecule has 0 atom stereocenters. The van der Waals surface area contributed by atoms with Gasteiger partial charge in [-0.15, -0.1) is 0 Å². The van der Waals surface area contributed by atoms with Crippen LogP contribution in [0, 0.1) is 10.1 Å². The first-order chi connectivity index (χ1) is 11.6. The van der Waals surface area contributed by atoms with Gasteiger partial charge in [0.1, 0.15) is 5.75 Å². The molecule has 1 heterocycles. The SMILES string of the molecule is O=C(COc1ccc([N+](=O)[O-])cc1)N1CCN(C2CCCC2)CC1. The summed E-state index contributed by atoms with van der Waals surface area (Å²) in [5, 5.41) is 10.6. The number of nitrogens with zero attached hydrogens (tertiary/aromatic N) is 3. The third kappa shape index (κ3) is 4.03. The highest BCUT2D eigenvalue weighted by molar-refractivity contribution is 5.77. The molecule has 7 nitrogen and oxygen atoms in total. The summed E-state index contributed by atoms with van der Waals surface area (Å²) in [5.74, 6) is 0.443. The van der Waals surface area contributed by atoms with Crippen LogP contribution in [0.5, 0.6) is 5.75 Å². The largest absolute Gasteiger partial charge is 0.484 e. The molecular formula is C17H23N3O4. The molecule has 1 amide bonds. The summed E-state index contributed by atoms with van der Waals surface area (Å²) in [7, 11) is 0. The summed E-state index contributed by atoms with van der Waals surface area (Å²) >= 11 is 0. The average Bonchev–Trinajstić information content (AvgIpc) is 3.15. The van der Waals surface area contributed by atoms with Crippen LogP contribution in [0.25, 0.3) is 0 Å². The molecule has 0 radical (unpaired) electrons. The van der Waals surface area contributed by atoms with Gasteiger partial charge < -0.3 is 9.64 Å². The molecule has 0 spiro atoms. The summed E-state index contributed by atoms with van der Waals surface area (Å²) in [6.07, 6.45) is 5.23. The molecule has 2 aliphatic rings. The van der Waals surface area contributed by atoms with Crippen molar-refractivity contribution in [3.05, 3.63) is 34.4 Å². The lowest BCUT2D eigenvalue weighted by Gasteiger charge is -2.38. The molecule has 1 aromatic carbocycles. The Hall–Kier alpha value is -2.15. The molecule has 0 bridgehead atoms. The van der Waals surface area contributed by atoms with Crippen molar-refractivity contribution in [2.75, 3.05) is 32.8 Å². The molecule has 0 N–H and O–H groups in total. The maximum atomic E-state index is 12.2. The number of non-ortho nitro benzene ring substituents is 1. The van der Waals surface area contributed by atoms with Crippen LogP contribution in [0.3, 0.4) is 0 Å². The second-order valence-corrected chi connectivity index (χ2v) is 6.39. The topological polar surface area (TPSA) is 75.9 Å². The van der Waals surface area contributed by atoms with Crippen molar-refractivity contribution in [3.8, 4) is 5.75 Å². The van der Waals surface area contributed by atoms with Gasteiger partial charge in [0.15, 0.2) is 6.61 Å². The van der Waals surface area contributed by atoms with E-state index in [0.29, 0.717) is 11.8 Å². The normalized spacial score (nSPS) is 19.4. The van der Waals surface area contributed by atoms with Gasteiger partial charge in [-0.05, 0) is 25.0 Å². The highest BCUT2D eigenvalue weighted by Gasteiger charge is 2.27. The Bertz CT molecular complexity index is 576. The molecule has 0 aromatic heterocycles. The fourth-order valence-electron chi connectivity index (χ4n) is 3.51. The first-order valence-electron chi connectivity index (χ1n) is 8.52. The van der Waals surface area contributed by atoms with Crippen LogP contribution in [-0.4, -0.2) is 59.5 Å². The molecule has 24 heavy (non-hydrogen) atoms. The average molecular weight is 333 g/mol. The van der Waals surface area contributed by atoms with Gasteiger partial charge >= 0.3 is 0 Å². The molecule has 0 unspecified atom stereocenters. The lowest BCUT2D eigenvalue weighted by molar-refractivity contribution is -0.384. The predicted molar refractivity (Wildman–Crippen MR) is 89.0 cm³/mol. The predicted octanol–water partition coefficient (Wildman–Crippen LogP) is 2.06. The lowest BCUT2D eigenvalue weighted by atomic mass is 10.2. The van der Waals surface area contributed by atoms with E-state index in [1.807, 2.05) is 4.90 Å². The van der Waals surface area contributed by atoms with Crippen LogP contribution < -0.4 is 4.74 Å². The zero-order valence-corrected chi connectivity index (χ0v) is 13.7. The van der Waals surface area contributed by atoms with Crippen molar-refractivity contribution in [2.45, 2.75) is 31.7 Å². The maximum Gasteiger partial charge on any atom is 0.269 e. The molecule has 7 heteroatoms. The van der Waals surface area contributed by atoms with Gasteiger partial charge in [0.05, 0.1) is 4.92 Å². The molecule has 2 fully saturated rings. The molecule has 130 valence electrons. The number of carbonyl (C=O) groups excluding carboxylic acids is 1. The van der Waals surface area contributed by atoms with Gasteiger partial charge in [-0.1, -0.05) is 12.8 Å². The first kappa shape index (κ1) is 16.7. The van der Waals surface area contributed by atoms with E-state index in [9.17, 15) is 14.9 Å². The Kier molecular flexibility index (Phi) is 5.30. The minimum atomic E-state index is -0.460. The molecule has 1 saturated carbocycles. The third-order valence-electron chi connectivity index (χ3n) is 4.92. The number of nitro groups is 1. The van der Waals surface area contributed by atoms with Crippen LogP contribution in [0.4, 0.5) is 5.69 Å². The molecule has 1 aliphatic heterocycles. The molecule has 1 saturated heterocycles. The van der Waals surface area contributed by atoms with E-state index in [1.54, 1.807) is 0 Å². The Morgan fingerprint density at radius 2 is 1.75 bits per heavy atom. The van der Waals surface area contributed by atoms with Gasteiger partial charge in [0.25, 0.3) is 11.6 Å². The fraction of sp³-hybridized carbons (Fsp3) is 0.588. The number of nitro benzene ring substituents is 1. The second-order valence-electron chi connectivity index (χ2n) is 6.39. The summed E-state index contributed by atoms with van der Waals surface area (Å²) < 4.78 is 5.45. The molecular weight excluding hydrogens is 310 g/mol. The van der Waals surface area contributed by atoms with Crippen LogP contribution in [0.1, 0.15) is 25.7 Å². The van der Waals surface area contributed by atoms with Gasteiger partial charge in [-0.3, -0.25) is 19.8 Å². The summed E-state index contributed by atoms with van der Waals surface area (Å²) in [4.78, 5) is 26.7. The van der Waals surface area contributed by atoms with E-state index in [0.717, 1.165) is 26.2 Å². The number of ether oxygens (including phenoxy) is 1. The minimum absolute atomic E-state index is 0.0108. The summed E-state index contributed by atoms with van der Waals surface area (Å²) in [5.41, 5.74) is 0.0108. The highest BCUT2D eigenvalue weighted by Crippen LogP contribution is 2.24. The number of hydrogen-bond acceptors (Lipinski definition) is 5. The van der Waals surface area contributed by atoms with Crippen molar-refractivity contribution in [1.82, 2.24) is 9.80 Å². The molecule has 1 aromatic rings. The standard InChI is InChI=1S/C17H23N3O4/c21-17(13-24-16-7-5-15(6-8-16)20(22)23)19-11-9-18(10-12-19)14-3-1-2-4-14/h5-8,14H,1-4,9-13H2. The maximum absolute atomic E-state index is 12.2. The number of hydrogen-bond donors (Lipinski definition) is 0. The van der Waals surface area contributed by atoms with E-state index in [1.165, 1.54) is 49.9 Å². The monoisotopic (exact) mass is 333 g/mol. The van der Waals surface area contributed by atoms with Gasteiger partial charge in [0.2, 0.25) is 0 Å².